The van der Waals surface area contributed by atoms with Crippen LogP contribution in [0.5, 0.6) is 0 Å². The fourth-order valence-corrected chi connectivity index (χ4v) is 3.71. The molecule has 1 N–H and O–H groups in total. The fraction of sp³-hybridized carbons (Fsp3) is 0.250. The van der Waals surface area contributed by atoms with E-state index in [4.69, 9.17) is 0 Å². The molecule has 5 heterocycles. The summed E-state index contributed by atoms with van der Waals surface area (Å²) in [5, 5.41) is 5.03. The number of H-pyrrole nitrogens is 1. The fourth-order valence-electron chi connectivity index (χ4n) is 3.71. The third-order valence-corrected chi connectivity index (χ3v) is 5.35. The molecule has 0 aromatic carbocycles. The Morgan fingerprint density at radius 2 is 2.00 bits per heavy atom. The van der Waals surface area contributed by atoms with E-state index in [2.05, 4.69) is 27.0 Å². The molecule has 1 amide bonds. The zero-order chi connectivity index (χ0) is 19.3. The number of hydrogen-bond donors (Lipinski definition) is 1. The molecule has 4 aromatic rings. The van der Waals surface area contributed by atoms with E-state index in [1.54, 1.807) is 16.9 Å². The molecule has 7 nitrogen and oxygen atoms in total. The molecule has 8 heteroatoms. The molecule has 0 radical (unpaired) electrons. The lowest BCUT2D eigenvalue weighted by Crippen LogP contribution is -2.47. The summed E-state index contributed by atoms with van der Waals surface area (Å²) in [5.74, 6) is -0.392. The number of piperazine rings is 1. The van der Waals surface area contributed by atoms with Crippen LogP contribution in [-0.2, 0) is 0 Å². The predicted molar refractivity (Wildman–Crippen MR) is 104 cm³/mol. The first-order valence-corrected chi connectivity index (χ1v) is 9.18. The third kappa shape index (κ3) is 2.73. The van der Waals surface area contributed by atoms with Gasteiger partial charge in [-0.15, -0.1) is 0 Å². The van der Waals surface area contributed by atoms with Gasteiger partial charge in [-0.25, -0.2) is 13.9 Å². The second-order valence-electron chi connectivity index (χ2n) is 7.15. The maximum Gasteiger partial charge on any atom is 0.257 e. The number of hydrogen-bond acceptors (Lipinski definition) is 4. The lowest BCUT2D eigenvalue weighted by Gasteiger charge is -2.32. The maximum atomic E-state index is 13.7. The van der Waals surface area contributed by atoms with Crippen LogP contribution in [0, 0.1) is 5.82 Å². The topological polar surface area (TPSA) is 69.5 Å². The Balaban J connectivity index is 1.56. The molecular formula is C20H19FN6O. The molecule has 5 rings (SSSR count). The van der Waals surface area contributed by atoms with Gasteiger partial charge in [-0.05, 0) is 30.8 Å². The molecule has 0 atom stereocenters. The number of aromatic nitrogens is 4. The number of pyridine rings is 2. The molecule has 0 unspecified atom stereocenters. The van der Waals surface area contributed by atoms with Crippen LogP contribution in [0.3, 0.4) is 0 Å². The summed E-state index contributed by atoms with van der Waals surface area (Å²) in [6.07, 6.45) is 6.43. The number of halogens is 1. The molecule has 142 valence electrons. The van der Waals surface area contributed by atoms with Crippen LogP contribution in [0.4, 0.5) is 4.39 Å². The van der Waals surface area contributed by atoms with E-state index in [0.29, 0.717) is 29.7 Å². The van der Waals surface area contributed by atoms with E-state index >= 15 is 0 Å². The summed E-state index contributed by atoms with van der Waals surface area (Å²) >= 11 is 0. The van der Waals surface area contributed by atoms with E-state index in [1.807, 2.05) is 23.2 Å². The van der Waals surface area contributed by atoms with Gasteiger partial charge in [-0.2, -0.15) is 5.10 Å². The Bertz CT molecular complexity index is 1190. The molecule has 0 bridgehead atoms. The lowest BCUT2D eigenvalue weighted by atomic mass is 10.1. The SMILES string of the molecule is CN1CCN(C(=O)c2cnn3ccc(-c4c[nH]c5ncc(F)cc45)cc23)CC1. The van der Waals surface area contributed by atoms with Gasteiger partial charge in [0.2, 0.25) is 0 Å². The summed E-state index contributed by atoms with van der Waals surface area (Å²) in [6, 6.07) is 5.28. The third-order valence-electron chi connectivity index (χ3n) is 5.35. The highest BCUT2D eigenvalue weighted by Crippen LogP contribution is 2.29. The Kier molecular flexibility index (Phi) is 3.87. The smallest absolute Gasteiger partial charge is 0.257 e. The molecule has 1 aliphatic rings. The van der Waals surface area contributed by atoms with Gasteiger partial charge in [0, 0.05) is 49.5 Å². The first kappa shape index (κ1) is 16.9. The van der Waals surface area contributed by atoms with Gasteiger partial charge in [0.1, 0.15) is 11.5 Å². The second-order valence-corrected chi connectivity index (χ2v) is 7.15. The zero-order valence-electron chi connectivity index (χ0n) is 15.4. The van der Waals surface area contributed by atoms with Crippen LogP contribution in [0.2, 0.25) is 0 Å². The van der Waals surface area contributed by atoms with Crippen molar-refractivity contribution in [2.45, 2.75) is 0 Å². The van der Waals surface area contributed by atoms with Crippen LogP contribution in [-0.4, -0.2) is 68.5 Å². The van der Waals surface area contributed by atoms with Crippen LogP contribution < -0.4 is 0 Å². The number of amides is 1. The van der Waals surface area contributed by atoms with Crippen molar-refractivity contribution in [3.8, 4) is 11.1 Å². The molecule has 1 saturated heterocycles. The van der Waals surface area contributed by atoms with Gasteiger partial charge in [0.05, 0.1) is 23.5 Å². The molecule has 1 fully saturated rings. The maximum absolute atomic E-state index is 13.7. The van der Waals surface area contributed by atoms with Crippen molar-refractivity contribution in [3.63, 3.8) is 0 Å². The van der Waals surface area contributed by atoms with Gasteiger partial charge >= 0.3 is 0 Å². The standard InChI is InChI=1S/C20H19FN6O/c1-25-4-6-26(7-5-25)20(28)17-12-24-27-3-2-13(8-18(17)27)16-11-23-19-15(16)9-14(21)10-22-19/h2-3,8-12H,4-7H2,1H3,(H,22,23). The van der Waals surface area contributed by atoms with Crippen LogP contribution in [0.25, 0.3) is 27.7 Å². The Morgan fingerprint density at radius 3 is 2.82 bits per heavy atom. The Labute approximate surface area is 160 Å². The molecular weight excluding hydrogens is 359 g/mol. The highest BCUT2D eigenvalue weighted by atomic mass is 19.1. The summed E-state index contributed by atoms with van der Waals surface area (Å²) in [6.45, 7) is 3.15. The van der Waals surface area contributed by atoms with E-state index < -0.39 is 0 Å². The highest BCUT2D eigenvalue weighted by molar-refractivity contribution is 6.02. The number of carbonyl (C=O) groups is 1. The summed E-state index contributed by atoms with van der Waals surface area (Å²) < 4.78 is 15.4. The van der Waals surface area contributed by atoms with E-state index in [-0.39, 0.29) is 11.7 Å². The second kappa shape index (κ2) is 6.42. The molecule has 0 spiro atoms. The first-order chi connectivity index (χ1) is 13.6. The summed E-state index contributed by atoms with van der Waals surface area (Å²) in [7, 11) is 2.06. The quantitative estimate of drug-likeness (QED) is 0.582. The van der Waals surface area contributed by atoms with Crippen molar-refractivity contribution in [1.29, 1.82) is 0 Å². The lowest BCUT2D eigenvalue weighted by molar-refractivity contribution is 0.0666. The molecule has 0 aliphatic carbocycles. The van der Waals surface area contributed by atoms with Crippen LogP contribution in [0.15, 0.2) is 43.0 Å². The number of nitrogens with one attached hydrogen (secondary N) is 1. The van der Waals surface area contributed by atoms with Crippen molar-refractivity contribution < 1.29 is 9.18 Å². The number of likely N-dealkylation sites (N-methyl/N-ethyl adjacent to an activating group) is 1. The van der Waals surface area contributed by atoms with E-state index in [0.717, 1.165) is 29.7 Å². The van der Waals surface area contributed by atoms with Crippen molar-refractivity contribution >= 4 is 22.5 Å². The minimum atomic E-state index is -0.385. The first-order valence-electron chi connectivity index (χ1n) is 9.18. The molecule has 28 heavy (non-hydrogen) atoms. The number of aromatic amines is 1. The average molecular weight is 378 g/mol. The number of nitrogens with zero attached hydrogens (tertiary/aromatic N) is 5. The zero-order valence-corrected chi connectivity index (χ0v) is 15.4. The Morgan fingerprint density at radius 1 is 1.18 bits per heavy atom. The number of fused-ring (bicyclic) bond motifs is 2. The van der Waals surface area contributed by atoms with Gasteiger partial charge in [-0.3, -0.25) is 4.79 Å². The minimum Gasteiger partial charge on any atom is -0.346 e. The van der Waals surface area contributed by atoms with Gasteiger partial charge in [0.25, 0.3) is 5.91 Å². The monoisotopic (exact) mass is 378 g/mol. The molecule has 0 saturated carbocycles. The van der Waals surface area contributed by atoms with Crippen molar-refractivity contribution in [1.82, 2.24) is 29.4 Å². The number of carbonyl (C=O) groups excluding carboxylic acids is 1. The van der Waals surface area contributed by atoms with Gasteiger partial charge in [0.15, 0.2) is 0 Å². The normalized spacial score (nSPS) is 15.6. The van der Waals surface area contributed by atoms with Crippen LogP contribution in [0.1, 0.15) is 10.4 Å². The average Bonchev–Trinajstić information content (AvgIpc) is 3.31. The van der Waals surface area contributed by atoms with Crippen molar-refractivity contribution in [3.05, 3.63) is 54.4 Å². The van der Waals surface area contributed by atoms with Gasteiger partial charge in [-0.1, -0.05) is 0 Å². The largest absolute Gasteiger partial charge is 0.346 e. The van der Waals surface area contributed by atoms with Crippen molar-refractivity contribution in [2.24, 2.45) is 0 Å². The summed E-state index contributed by atoms with van der Waals surface area (Å²) in [5.41, 5.74) is 3.65. The summed E-state index contributed by atoms with van der Waals surface area (Å²) in [4.78, 5) is 24.3. The van der Waals surface area contributed by atoms with E-state index in [1.165, 1.54) is 12.3 Å². The minimum absolute atomic E-state index is 0.00751. The number of rotatable bonds is 2. The highest BCUT2D eigenvalue weighted by Gasteiger charge is 2.23. The Hall–Kier alpha value is -3.26. The van der Waals surface area contributed by atoms with E-state index in [9.17, 15) is 9.18 Å². The molecule has 1 aliphatic heterocycles. The van der Waals surface area contributed by atoms with Crippen LogP contribution >= 0.6 is 0 Å². The molecule has 4 aromatic heterocycles. The predicted octanol–water partition coefficient (Wildman–Crippen LogP) is 2.40. The van der Waals surface area contributed by atoms with Gasteiger partial charge < -0.3 is 14.8 Å². The van der Waals surface area contributed by atoms with Crippen molar-refractivity contribution in [2.75, 3.05) is 33.2 Å².